The lowest BCUT2D eigenvalue weighted by Crippen LogP contribution is -2.20. The average Bonchev–Trinajstić information content (AvgIpc) is 2.78. The molecule has 0 saturated heterocycles. The molecule has 0 radical (unpaired) electrons. The molecule has 1 heterocycles. The smallest absolute Gasteiger partial charge is 0.373 e. The minimum atomic E-state index is -0.434. The first-order chi connectivity index (χ1) is 7.72. The summed E-state index contributed by atoms with van der Waals surface area (Å²) >= 11 is 0. The van der Waals surface area contributed by atoms with Gasteiger partial charge in [-0.2, -0.15) is 0 Å². The van der Waals surface area contributed by atoms with Gasteiger partial charge in [0, 0.05) is 0 Å². The first-order valence-electron chi connectivity index (χ1n) is 5.64. The van der Waals surface area contributed by atoms with Gasteiger partial charge in [0.1, 0.15) is 5.76 Å². The van der Waals surface area contributed by atoms with Crippen molar-refractivity contribution in [3.05, 3.63) is 23.7 Å². The van der Waals surface area contributed by atoms with Crippen molar-refractivity contribution < 1.29 is 13.9 Å². The Bertz CT molecular complexity index is 333. The number of rotatable bonds is 6. The molecule has 1 aromatic rings. The molecule has 0 aliphatic heterocycles. The van der Waals surface area contributed by atoms with Crippen molar-refractivity contribution in [3.8, 4) is 0 Å². The monoisotopic (exact) mass is 225 g/mol. The van der Waals surface area contributed by atoms with Crippen LogP contribution in [0, 0.1) is 0 Å². The first kappa shape index (κ1) is 12.8. The SMILES string of the molecule is CCCNC(CC)c1ccc(C(=O)OC)o1. The summed E-state index contributed by atoms with van der Waals surface area (Å²) in [6, 6.07) is 3.64. The van der Waals surface area contributed by atoms with Crippen LogP contribution in [0.1, 0.15) is 49.0 Å². The van der Waals surface area contributed by atoms with Crippen LogP contribution in [-0.4, -0.2) is 19.6 Å². The third-order valence-electron chi connectivity index (χ3n) is 2.41. The predicted octanol–water partition coefficient (Wildman–Crippen LogP) is 2.52. The molecule has 1 atom stereocenters. The lowest BCUT2D eigenvalue weighted by molar-refractivity contribution is 0.0562. The van der Waals surface area contributed by atoms with Crippen LogP contribution in [0.3, 0.4) is 0 Å². The van der Waals surface area contributed by atoms with E-state index >= 15 is 0 Å². The Balaban J connectivity index is 2.70. The fraction of sp³-hybridized carbons (Fsp3) is 0.583. The highest BCUT2D eigenvalue weighted by molar-refractivity contribution is 5.86. The van der Waals surface area contributed by atoms with E-state index in [9.17, 15) is 4.79 Å². The molecule has 1 aromatic heterocycles. The third-order valence-corrected chi connectivity index (χ3v) is 2.41. The molecule has 1 N–H and O–H groups in total. The van der Waals surface area contributed by atoms with Gasteiger partial charge in [-0.1, -0.05) is 13.8 Å². The van der Waals surface area contributed by atoms with Gasteiger partial charge in [-0.3, -0.25) is 0 Å². The molecule has 1 rings (SSSR count). The maximum Gasteiger partial charge on any atom is 0.373 e. The summed E-state index contributed by atoms with van der Waals surface area (Å²) < 4.78 is 10.0. The molecule has 0 aliphatic rings. The van der Waals surface area contributed by atoms with Crippen LogP contribution in [0.15, 0.2) is 16.5 Å². The molecule has 4 heteroatoms. The second-order valence-electron chi connectivity index (χ2n) is 3.61. The second-order valence-corrected chi connectivity index (χ2v) is 3.61. The summed E-state index contributed by atoms with van der Waals surface area (Å²) in [5.74, 6) is 0.613. The molecule has 0 fully saturated rings. The molecule has 4 nitrogen and oxygen atoms in total. The molecule has 1 unspecified atom stereocenters. The quantitative estimate of drug-likeness (QED) is 0.756. The fourth-order valence-corrected chi connectivity index (χ4v) is 1.52. The number of nitrogens with one attached hydrogen (secondary N) is 1. The molecular formula is C12H19NO3. The molecule has 0 saturated carbocycles. The molecule has 16 heavy (non-hydrogen) atoms. The van der Waals surface area contributed by atoms with Gasteiger partial charge in [0.15, 0.2) is 0 Å². The topological polar surface area (TPSA) is 51.5 Å². The highest BCUT2D eigenvalue weighted by Gasteiger charge is 2.16. The van der Waals surface area contributed by atoms with Gasteiger partial charge < -0.3 is 14.5 Å². The lowest BCUT2D eigenvalue weighted by Gasteiger charge is -2.13. The zero-order valence-electron chi connectivity index (χ0n) is 10.1. The predicted molar refractivity (Wildman–Crippen MR) is 61.4 cm³/mol. The normalized spacial score (nSPS) is 12.4. The van der Waals surface area contributed by atoms with E-state index in [1.165, 1.54) is 7.11 Å². The van der Waals surface area contributed by atoms with Crippen molar-refractivity contribution in [1.29, 1.82) is 0 Å². The minimum Gasteiger partial charge on any atom is -0.463 e. The zero-order chi connectivity index (χ0) is 12.0. The molecule has 90 valence electrons. The zero-order valence-corrected chi connectivity index (χ0v) is 10.1. The molecule has 0 aromatic carbocycles. The van der Waals surface area contributed by atoms with E-state index in [4.69, 9.17) is 4.42 Å². The first-order valence-corrected chi connectivity index (χ1v) is 5.64. The fourth-order valence-electron chi connectivity index (χ4n) is 1.52. The van der Waals surface area contributed by atoms with Gasteiger partial charge in [-0.15, -0.1) is 0 Å². The van der Waals surface area contributed by atoms with Gasteiger partial charge in [-0.05, 0) is 31.5 Å². The number of esters is 1. The standard InChI is InChI=1S/C12H19NO3/c1-4-8-13-9(5-2)10-6-7-11(16-10)12(14)15-3/h6-7,9,13H,4-5,8H2,1-3H3. The van der Waals surface area contributed by atoms with Crippen LogP contribution >= 0.6 is 0 Å². The number of hydrogen-bond acceptors (Lipinski definition) is 4. The lowest BCUT2D eigenvalue weighted by atomic mass is 10.1. The summed E-state index contributed by atoms with van der Waals surface area (Å²) in [6.07, 6.45) is 2.00. The number of methoxy groups -OCH3 is 1. The molecule has 0 spiro atoms. The van der Waals surface area contributed by atoms with Crippen LogP contribution in [-0.2, 0) is 4.74 Å². The maximum atomic E-state index is 11.2. The Morgan fingerprint density at radius 3 is 2.81 bits per heavy atom. The summed E-state index contributed by atoms with van der Waals surface area (Å²) in [4.78, 5) is 11.2. The van der Waals surface area contributed by atoms with E-state index in [2.05, 4.69) is 23.9 Å². The van der Waals surface area contributed by atoms with E-state index in [1.807, 2.05) is 6.07 Å². The number of carbonyl (C=O) groups is 1. The largest absolute Gasteiger partial charge is 0.463 e. The van der Waals surface area contributed by atoms with Crippen molar-refractivity contribution in [2.45, 2.75) is 32.7 Å². The van der Waals surface area contributed by atoms with E-state index in [0.29, 0.717) is 0 Å². The summed E-state index contributed by atoms with van der Waals surface area (Å²) in [5, 5.41) is 3.36. The van der Waals surface area contributed by atoms with Gasteiger partial charge in [0.05, 0.1) is 13.2 Å². The average molecular weight is 225 g/mol. The van der Waals surface area contributed by atoms with Gasteiger partial charge >= 0.3 is 5.97 Å². The molecule has 0 bridgehead atoms. The van der Waals surface area contributed by atoms with E-state index in [0.717, 1.165) is 25.1 Å². The van der Waals surface area contributed by atoms with Crippen LogP contribution in [0.5, 0.6) is 0 Å². The summed E-state index contributed by atoms with van der Waals surface area (Å²) in [6.45, 7) is 5.13. The molecular weight excluding hydrogens is 206 g/mol. The van der Waals surface area contributed by atoms with E-state index in [-0.39, 0.29) is 11.8 Å². The van der Waals surface area contributed by atoms with E-state index < -0.39 is 5.97 Å². The maximum absolute atomic E-state index is 11.2. The van der Waals surface area contributed by atoms with Crippen molar-refractivity contribution in [3.63, 3.8) is 0 Å². The third kappa shape index (κ3) is 3.10. The van der Waals surface area contributed by atoms with Gasteiger partial charge in [-0.25, -0.2) is 4.79 Å². The Labute approximate surface area is 96.0 Å². The summed E-state index contributed by atoms with van der Waals surface area (Å²) in [5.41, 5.74) is 0. The van der Waals surface area contributed by atoms with Crippen LogP contribution in [0.4, 0.5) is 0 Å². The Morgan fingerprint density at radius 2 is 2.25 bits per heavy atom. The summed E-state index contributed by atoms with van der Waals surface area (Å²) in [7, 11) is 1.34. The van der Waals surface area contributed by atoms with Crippen LogP contribution < -0.4 is 5.32 Å². The van der Waals surface area contributed by atoms with E-state index in [1.54, 1.807) is 6.07 Å². The van der Waals surface area contributed by atoms with Crippen molar-refractivity contribution >= 4 is 5.97 Å². The highest BCUT2D eigenvalue weighted by atomic mass is 16.5. The van der Waals surface area contributed by atoms with Gasteiger partial charge in [0.25, 0.3) is 0 Å². The minimum absolute atomic E-state index is 0.165. The Morgan fingerprint density at radius 1 is 1.50 bits per heavy atom. The molecule has 0 amide bonds. The number of ether oxygens (including phenoxy) is 1. The molecule has 0 aliphatic carbocycles. The Kier molecular flexibility index (Phi) is 5.05. The number of carbonyl (C=O) groups excluding carboxylic acids is 1. The number of furan rings is 1. The van der Waals surface area contributed by atoms with Crippen LogP contribution in [0.25, 0.3) is 0 Å². The second kappa shape index (κ2) is 6.33. The van der Waals surface area contributed by atoms with Crippen molar-refractivity contribution in [2.24, 2.45) is 0 Å². The van der Waals surface area contributed by atoms with Gasteiger partial charge in [0.2, 0.25) is 5.76 Å². The Hall–Kier alpha value is -1.29. The van der Waals surface area contributed by atoms with Crippen LogP contribution in [0.2, 0.25) is 0 Å². The van der Waals surface area contributed by atoms with Crippen molar-refractivity contribution in [1.82, 2.24) is 5.32 Å². The van der Waals surface area contributed by atoms with Crippen molar-refractivity contribution in [2.75, 3.05) is 13.7 Å². The highest BCUT2D eigenvalue weighted by Crippen LogP contribution is 2.19. The number of hydrogen-bond donors (Lipinski definition) is 1.